The number of piperazine rings is 1. The van der Waals surface area contributed by atoms with E-state index in [9.17, 15) is 10.1 Å². The first-order valence-electron chi connectivity index (χ1n) is 12.1. The van der Waals surface area contributed by atoms with Crippen LogP contribution in [0.3, 0.4) is 0 Å². The maximum absolute atomic E-state index is 11.7. The molecule has 2 aliphatic rings. The lowest BCUT2D eigenvalue weighted by Gasteiger charge is -2.43. The Morgan fingerprint density at radius 2 is 1.84 bits per heavy atom. The number of carbonyl (C=O) groups is 1. The van der Waals surface area contributed by atoms with Crippen molar-refractivity contribution in [3.05, 3.63) is 60.3 Å². The number of nitriles is 2. The topological polar surface area (TPSA) is 130 Å². The lowest BCUT2D eigenvalue weighted by atomic mass is 10.1. The smallest absolute Gasteiger partial charge is 0.238 e. The SMILES string of the molecule is N#CCC(=O)Nc1ccc(-c2nccc(Nc3ccc(N4CCN(C5COC5)CC4)cc3)n2)cc1C#N. The molecule has 2 fully saturated rings. The van der Waals surface area contributed by atoms with Crippen molar-refractivity contribution in [2.45, 2.75) is 12.5 Å². The maximum atomic E-state index is 11.7. The van der Waals surface area contributed by atoms with Gasteiger partial charge in [0.2, 0.25) is 5.91 Å². The summed E-state index contributed by atoms with van der Waals surface area (Å²) in [4.78, 5) is 25.6. The fourth-order valence-electron chi connectivity index (χ4n) is 4.40. The second kappa shape index (κ2) is 11.0. The van der Waals surface area contributed by atoms with Crippen LogP contribution in [0, 0.1) is 22.7 Å². The number of carbonyl (C=O) groups excluding carboxylic acids is 1. The van der Waals surface area contributed by atoms with Crippen molar-refractivity contribution < 1.29 is 9.53 Å². The van der Waals surface area contributed by atoms with E-state index in [1.807, 2.05) is 12.1 Å². The molecule has 37 heavy (non-hydrogen) atoms. The molecule has 0 spiro atoms. The first kappa shape index (κ1) is 24.2. The molecule has 0 aliphatic carbocycles. The van der Waals surface area contributed by atoms with E-state index in [1.165, 1.54) is 5.69 Å². The Hall–Kier alpha value is -4.51. The normalized spacial score (nSPS) is 15.8. The number of rotatable bonds is 7. The molecule has 0 radical (unpaired) electrons. The molecule has 1 amide bonds. The van der Waals surface area contributed by atoms with Crippen LogP contribution in [0.25, 0.3) is 11.4 Å². The molecule has 2 saturated heterocycles. The molecule has 10 nitrogen and oxygen atoms in total. The molecule has 10 heteroatoms. The average molecular weight is 495 g/mol. The van der Waals surface area contributed by atoms with Gasteiger partial charge < -0.3 is 20.3 Å². The Morgan fingerprint density at radius 3 is 2.51 bits per heavy atom. The van der Waals surface area contributed by atoms with Crippen molar-refractivity contribution in [2.24, 2.45) is 0 Å². The first-order valence-corrected chi connectivity index (χ1v) is 12.1. The third kappa shape index (κ3) is 5.67. The lowest BCUT2D eigenvalue weighted by molar-refractivity contribution is -0.115. The second-order valence-corrected chi connectivity index (χ2v) is 8.91. The molecule has 5 rings (SSSR count). The molecule has 186 valence electrons. The molecule has 3 aromatic rings. The molecular formula is C27H26N8O2. The summed E-state index contributed by atoms with van der Waals surface area (Å²) in [6, 6.07) is 19.5. The Balaban J connectivity index is 1.23. The van der Waals surface area contributed by atoms with Crippen LogP contribution in [-0.2, 0) is 9.53 Å². The van der Waals surface area contributed by atoms with E-state index in [0.717, 1.165) is 45.1 Å². The van der Waals surface area contributed by atoms with Gasteiger partial charge in [-0.15, -0.1) is 0 Å². The van der Waals surface area contributed by atoms with Gasteiger partial charge in [-0.3, -0.25) is 9.69 Å². The van der Waals surface area contributed by atoms with Crippen molar-refractivity contribution in [3.8, 4) is 23.5 Å². The van der Waals surface area contributed by atoms with Crippen molar-refractivity contribution in [2.75, 3.05) is 54.9 Å². The minimum atomic E-state index is -0.466. The minimum Gasteiger partial charge on any atom is -0.378 e. The monoisotopic (exact) mass is 494 g/mol. The van der Waals surface area contributed by atoms with Crippen molar-refractivity contribution in [3.63, 3.8) is 0 Å². The Labute approximate surface area is 215 Å². The third-order valence-corrected chi connectivity index (χ3v) is 6.52. The highest BCUT2D eigenvalue weighted by Gasteiger charge is 2.28. The molecular weight excluding hydrogens is 468 g/mol. The van der Waals surface area contributed by atoms with Crippen LogP contribution >= 0.6 is 0 Å². The Bertz CT molecular complexity index is 1350. The summed E-state index contributed by atoms with van der Waals surface area (Å²) in [5, 5.41) is 24.1. The fourth-order valence-corrected chi connectivity index (χ4v) is 4.40. The standard InChI is InChI=1S/C27H26N8O2/c28-9-7-26(36)32-24-6-1-19(15-20(24)16-29)27-30-10-8-25(33-27)31-21-2-4-22(5-3-21)34-11-13-35(14-12-34)23-17-37-18-23/h1-6,8,10,15,23H,7,11-14,17-18H2,(H,32,36)(H,30,31,33). The number of ether oxygens (including phenoxy) is 1. The summed E-state index contributed by atoms with van der Waals surface area (Å²) in [6.07, 6.45) is 1.37. The summed E-state index contributed by atoms with van der Waals surface area (Å²) >= 11 is 0. The predicted octanol–water partition coefficient (Wildman–Crippen LogP) is 3.13. The van der Waals surface area contributed by atoms with Gasteiger partial charge in [-0.05, 0) is 48.5 Å². The molecule has 3 heterocycles. The van der Waals surface area contributed by atoms with E-state index >= 15 is 0 Å². The zero-order valence-electron chi connectivity index (χ0n) is 20.2. The van der Waals surface area contributed by atoms with Gasteiger partial charge in [0, 0.05) is 49.3 Å². The van der Waals surface area contributed by atoms with E-state index in [0.29, 0.717) is 28.9 Å². The van der Waals surface area contributed by atoms with E-state index in [2.05, 4.69) is 48.6 Å². The second-order valence-electron chi connectivity index (χ2n) is 8.91. The van der Waals surface area contributed by atoms with Gasteiger partial charge in [0.05, 0.1) is 36.6 Å². The number of amides is 1. The summed E-state index contributed by atoms with van der Waals surface area (Å²) in [5.74, 6) is 0.605. The van der Waals surface area contributed by atoms with Gasteiger partial charge in [0.25, 0.3) is 0 Å². The molecule has 0 atom stereocenters. The number of benzene rings is 2. The highest BCUT2D eigenvalue weighted by atomic mass is 16.5. The van der Waals surface area contributed by atoms with Crippen molar-refractivity contribution in [1.29, 1.82) is 10.5 Å². The summed E-state index contributed by atoms with van der Waals surface area (Å²) < 4.78 is 5.32. The molecule has 0 unspecified atom stereocenters. The number of hydrogen-bond acceptors (Lipinski definition) is 9. The van der Waals surface area contributed by atoms with Gasteiger partial charge in [-0.2, -0.15) is 10.5 Å². The summed E-state index contributed by atoms with van der Waals surface area (Å²) in [5.41, 5.74) is 3.36. The average Bonchev–Trinajstić information content (AvgIpc) is 2.89. The third-order valence-electron chi connectivity index (χ3n) is 6.52. The van der Waals surface area contributed by atoms with Gasteiger partial charge in [0.15, 0.2) is 5.82 Å². The van der Waals surface area contributed by atoms with E-state index in [-0.39, 0.29) is 12.0 Å². The van der Waals surface area contributed by atoms with Crippen LogP contribution in [0.2, 0.25) is 0 Å². The minimum absolute atomic E-state index is 0.267. The predicted molar refractivity (Wildman–Crippen MR) is 139 cm³/mol. The highest BCUT2D eigenvalue weighted by Crippen LogP contribution is 2.26. The maximum Gasteiger partial charge on any atom is 0.238 e. The summed E-state index contributed by atoms with van der Waals surface area (Å²) in [7, 11) is 0. The largest absolute Gasteiger partial charge is 0.378 e. The molecule has 2 N–H and O–H groups in total. The van der Waals surface area contributed by atoms with Crippen LogP contribution in [0.4, 0.5) is 22.9 Å². The van der Waals surface area contributed by atoms with Gasteiger partial charge in [-0.1, -0.05) is 0 Å². The van der Waals surface area contributed by atoms with E-state index in [4.69, 9.17) is 10.00 Å². The quantitative estimate of drug-likeness (QED) is 0.509. The van der Waals surface area contributed by atoms with Gasteiger partial charge in [-0.25, -0.2) is 9.97 Å². The number of hydrogen-bond donors (Lipinski definition) is 2. The summed E-state index contributed by atoms with van der Waals surface area (Å²) in [6.45, 7) is 5.83. The fraction of sp³-hybridized carbons (Fsp3) is 0.296. The molecule has 2 aromatic carbocycles. The number of anilines is 4. The number of aromatic nitrogens is 2. The van der Waals surface area contributed by atoms with Crippen molar-refractivity contribution in [1.82, 2.24) is 14.9 Å². The Kier molecular flexibility index (Phi) is 7.22. The zero-order valence-corrected chi connectivity index (χ0v) is 20.2. The molecule has 2 aliphatic heterocycles. The van der Waals surface area contributed by atoms with Gasteiger partial charge >= 0.3 is 0 Å². The van der Waals surface area contributed by atoms with Crippen LogP contribution in [-0.4, -0.2) is 66.2 Å². The first-order chi connectivity index (χ1) is 18.1. The lowest BCUT2D eigenvalue weighted by Crippen LogP contribution is -2.56. The number of nitrogens with zero attached hydrogens (tertiary/aromatic N) is 6. The van der Waals surface area contributed by atoms with Crippen LogP contribution in [0.1, 0.15) is 12.0 Å². The van der Waals surface area contributed by atoms with E-state index in [1.54, 1.807) is 36.5 Å². The van der Waals surface area contributed by atoms with Crippen molar-refractivity contribution >= 4 is 28.8 Å². The Morgan fingerprint density at radius 1 is 1.05 bits per heavy atom. The van der Waals surface area contributed by atoms with Gasteiger partial charge in [0.1, 0.15) is 18.3 Å². The molecule has 0 saturated carbocycles. The molecule has 1 aromatic heterocycles. The van der Waals surface area contributed by atoms with Crippen LogP contribution in [0.15, 0.2) is 54.7 Å². The van der Waals surface area contributed by atoms with E-state index < -0.39 is 5.91 Å². The zero-order chi connectivity index (χ0) is 25.6. The highest BCUT2D eigenvalue weighted by molar-refractivity contribution is 5.93. The van der Waals surface area contributed by atoms with Crippen LogP contribution in [0.5, 0.6) is 0 Å². The van der Waals surface area contributed by atoms with Crippen LogP contribution < -0.4 is 15.5 Å². The number of nitrogens with one attached hydrogen (secondary N) is 2. The molecule has 0 bridgehead atoms.